The predicted octanol–water partition coefficient (Wildman–Crippen LogP) is 1.63. The van der Waals surface area contributed by atoms with Gasteiger partial charge in [0.25, 0.3) is 0 Å². The van der Waals surface area contributed by atoms with Crippen LogP contribution >= 0.6 is 21.6 Å². The molecule has 2 aromatic heterocycles. The Morgan fingerprint density at radius 2 is 1.84 bits per heavy atom. The van der Waals surface area contributed by atoms with Crippen LogP contribution in [-0.4, -0.2) is 98.3 Å². The van der Waals surface area contributed by atoms with Crippen LogP contribution in [0.5, 0.6) is 0 Å². The Hall–Kier alpha value is -3.69. The Morgan fingerprint density at radius 1 is 1.07 bits per heavy atom. The lowest BCUT2D eigenvalue weighted by Crippen LogP contribution is -2.47. The van der Waals surface area contributed by atoms with E-state index in [0.717, 1.165) is 6.42 Å². The summed E-state index contributed by atoms with van der Waals surface area (Å²) in [5.74, 6) is 0.0933. The van der Waals surface area contributed by atoms with Crippen molar-refractivity contribution in [2.45, 2.75) is 126 Å². The van der Waals surface area contributed by atoms with E-state index in [0.29, 0.717) is 81.5 Å². The average Bonchev–Trinajstić information content (AvgIpc) is 3.71. The summed E-state index contributed by atoms with van der Waals surface area (Å²) in [6.07, 6.45) is 6.60. The minimum absolute atomic E-state index is 0.0584. The number of nitrogen functional groups attached to an aromatic ring is 2. The van der Waals surface area contributed by atoms with Crippen LogP contribution in [0.15, 0.2) is 32.9 Å². The van der Waals surface area contributed by atoms with Gasteiger partial charge in [0.2, 0.25) is 17.7 Å². The van der Waals surface area contributed by atoms with Crippen molar-refractivity contribution in [1.29, 1.82) is 0 Å². The Morgan fingerprint density at radius 3 is 2.58 bits per heavy atom. The average molecular weight is 810 g/mol. The Balaban J connectivity index is 1.17. The fraction of sp³-hybridized carbons (Fsp3) is 0.686. The standard InChI is InChI=1S/C35H55N9O9S2/c1-4-5-9-28(47)40-22(13-17-54-55-25-19-44(34(50)42-31(25)37)30-18-23(45)24(52-30)20-51-3)32(48)38-15-8-6-7-10-27(46)39-21-35(2)14-11-29(53-35)43-16-12-26(36)41-33(43)49/h12,16,19,22-24,29-30,45H,4-11,13-15,17-18,20-21H2,1-3H3,(H,38,48)(H,39,46)(H,40,47)(H2,36,41,49)(H2,37,42,50). The van der Waals surface area contributed by atoms with Gasteiger partial charge < -0.3 is 46.7 Å². The highest BCUT2D eigenvalue weighted by Gasteiger charge is 2.38. The van der Waals surface area contributed by atoms with Crippen LogP contribution in [0.25, 0.3) is 0 Å². The minimum Gasteiger partial charge on any atom is -0.390 e. The molecule has 8 N–H and O–H groups in total. The van der Waals surface area contributed by atoms with Crippen LogP contribution in [-0.2, 0) is 28.6 Å². The van der Waals surface area contributed by atoms with Gasteiger partial charge >= 0.3 is 11.4 Å². The number of amides is 3. The van der Waals surface area contributed by atoms with E-state index < -0.39 is 47.7 Å². The van der Waals surface area contributed by atoms with Crippen molar-refractivity contribution in [3.8, 4) is 0 Å². The molecule has 20 heteroatoms. The molecule has 0 radical (unpaired) electrons. The molecule has 6 unspecified atom stereocenters. The number of carbonyl (C=O) groups is 3. The smallest absolute Gasteiger partial charge is 0.351 e. The third-order valence-electron chi connectivity index (χ3n) is 9.38. The first-order valence-corrected chi connectivity index (χ1v) is 21.0. The molecule has 0 spiro atoms. The third kappa shape index (κ3) is 13.5. The number of hydrogen-bond acceptors (Lipinski definition) is 15. The maximum atomic E-state index is 13.2. The topological polar surface area (TPSA) is 257 Å². The number of nitrogens with one attached hydrogen (secondary N) is 3. The second-order valence-electron chi connectivity index (χ2n) is 14.0. The fourth-order valence-corrected chi connectivity index (χ4v) is 8.35. The number of hydrogen-bond donors (Lipinski definition) is 6. The van der Waals surface area contributed by atoms with Crippen LogP contribution in [0.4, 0.5) is 11.6 Å². The molecular formula is C35H55N9O9S2. The molecule has 4 heterocycles. The van der Waals surface area contributed by atoms with Gasteiger partial charge in [0.05, 0.1) is 23.2 Å². The van der Waals surface area contributed by atoms with Gasteiger partial charge in [-0.3, -0.25) is 23.5 Å². The maximum absolute atomic E-state index is 13.2. The minimum atomic E-state index is -0.792. The van der Waals surface area contributed by atoms with E-state index in [1.807, 2.05) is 13.8 Å². The molecule has 6 atom stereocenters. The maximum Gasteiger partial charge on any atom is 0.351 e. The largest absolute Gasteiger partial charge is 0.390 e. The van der Waals surface area contributed by atoms with Crippen molar-refractivity contribution in [2.24, 2.45) is 0 Å². The first-order valence-electron chi connectivity index (χ1n) is 18.7. The van der Waals surface area contributed by atoms with Gasteiger partial charge in [-0.05, 0) is 51.5 Å². The van der Waals surface area contributed by atoms with E-state index >= 15 is 0 Å². The lowest BCUT2D eigenvalue weighted by Gasteiger charge is -2.25. The van der Waals surface area contributed by atoms with E-state index in [9.17, 15) is 29.1 Å². The molecule has 2 fully saturated rings. The zero-order valence-corrected chi connectivity index (χ0v) is 33.3. The number of aliphatic hydroxyl groups excluding tert-OH is 1. The lowest BCUT2D eigenvalue weighted by molar-refractivity contribution is -0.129. The van der Waals surface area contributed by atoms with Crippen LogP contribution in [0, 0.1) is 0 Å². The highest BCUT2D eigenvalue weighted by atomic mass is 33.1. The molecule has 2 aliphatic heterocycles. The predicted molar refractivity (Wildman–Crippen MR) is 209 cm³/mol. The molecule has 55 heavy (non-hydrogen) atoms. The second-order valence-corrected chi connectivity index (χ2v) is 16.4. The molecular weight excluding hydrogens is 755 g/mol. The van der Waals surface area contributed by atoms with Crippen LogP contribution in [0.1, 0.15) is 96.9 Å². The quantitative estimate of drug-likeness (QED) is 0.0730. The summed E-state index contributed by atoms with van der Waals surface area (Å²) in [4.78, 5) is 71.3. The third-order valence-corrected chi connectivity index (χ3v) is 11.8. The number of unbranched alkanes of at least 4 members (excludes halogenated alkanes) is 3. The summed E-state index contributed by atoms with van der Waals surface area (Å²) in [6, 6.07) is 0.801. The monoisotopic (exact) mass is 809 g/mol. The normalized spacial score (nSPS) is 22.7. The number of aromatic nitrogens is 4. The van der Waals surface area contributed by atoms with Crippen molar-refractivity contribution < 1.29 is 33.7 Å². The van der Waals surface area contributed by atoms with Crippen LogP contribution in [0.2, 0.25) is 0 Å². The van der Waals surface area contributed by atoms with E-state index in [4.69, 9.17) is 25.7 Å². The van der Waals surface area contributed by atoms with Gasteiger partial charge in [0, 0.05) is 57.6 Å². The summed E-state index contributed by atoms with van der Waals surface area (Å²) in [6.45, 7) is 4.78. The molecule has 0 aromatic carbocycles. The summed E-state index contributed by atoms with van der Waals surface area (Å²) >= 11 is 0. The van der Waals surface area contributed by atoms with Crippen LogP contribution in [0.3, 0.4) is 0 Å². The van der Waals surface area contributed by atoms with E-state index in [2.05, 4.69) is 25.9 Å². The van der Waals surface area contributed by atoms with Gasteiger partial charge in [-0.25, -0.2) is 9.59 Å². The van der Waals surface area contributed by atoms with Crippen molar-refractivity contribution >= 4 is 50.9 Å². The van der Waals surface area contributed by atoms with E-state index in [1.165, 1.54) is 37.8 Å². The highest BCUT2D eigenvalue weighted by molar-refractivity contribution is 8.76. The summed E-state index contributed by atoms with van der Waals surface area (Å²) in [5, 5.41) is 19.0. The first kappa shape index (κ1) is 44.0. The molecule has 0 bridgehead atoms. The molecule has 2 saturated heterocycles. The number of nitrogens with zero attached hydrogens (tertiary/aromatic N) is 4. The van der Waals surface area contributed by atoms with Crippen molar-refractivity contribution in [3.05, 3.63) is 39.4 Å². The Bertz CT molecular complexity index is 1710. The first-order chi connectivity index (χ1) is 26.3. The number of aliphatic hydroxyl groups is 1. The van der Waals surface area contributed by atoms with Crippen LogP contribution < -0.4 is 38.8 Å². The fourth-order valence-electron chi connectivity index (χ4n) is 6.22. The summed E-state index contributed by atoms with van der Waals surface area (Å²) in [5.41, 5.74) is 9.94. The van der Waals surface area contributed by atoms with Gasteiger partial charge in [0.1, 0.15) is 36.2 Å². The Kier molecular flexibility index (Phi) is 17.3. The lowest BCUT2D eigenvalue weighted by atomic mass is 10.0. The van der Waals surface area contributed by atoms with Gasteiger partial charge in [-0.2, -0.15) is 9.97 Å². The molecule has 2 aliphatic rings. The number of nitrogens with two attached hydrogens (primary N) is 2. The molecule has 306 valence electrons. The highest BCUT2D eigenvalue weighted by Crippen LogP contribution is 2.36. The summed E-state index contributed by atoms with van der Waals surface area (Å²) in [7, 11) is 4.19. The molecule has 2 aromatic rings. The van der Waals surface area contributed by atoms with E-state index in [1.54, 1.807) is 18.5 Å². The molecule has 3 amide bonds. The SMILES string of the molecule is CCCCC(=O)NC(CCSSc1cn(C2CC(O)C(COC)O2)c(=O)nc1N)C(=O)NCCCCCC(=O)NCC1(C)CCC(n2ccc(N)nc2=O)O1. The number of rotatable bonds is 22. The molecule has 18 nitrogen and oxygen atoms in total. The van der Waals surface area contributed by atoms with Gasteiger partial charge in [-0.15, -0.1) is 0 Å². The zero-order chi connectivity index (χ0) is 40.0. The van der Waals surface area contributed by atoms with Crippen molar-refractivity contribution in [1.82, 2.24) is 35.1 Å². The number of methoxy groups -OCH3 is 1. The van der Waals surface area contributed by atoms with Gasteiger partial charge in [0.15, 0.2) is 0 Å². The number of carbonyl (C=O) groups excluding carboxylic acids is 3. The van der Waals surface area contributed by atoms with Crippen molar-refractivity contribution in [3.63, 3.8) is 0 Å². The van der Waals surface area contributed by atoms with Crippen molar-refractivity contribution in [2.75, 3.05) is 44.0 Å². The second kappa shape index (κ2) is 21.6. The Labute approximate surface area is 328 Å². The molecule has 0 aliphatic carbocycles. The van der Waals surface area contributed by atoms with Gasteiger partial charge in [-0.1, -0.05) is 41.4 Å². The molecule has 4 rings (SSSR count). The number of anilines is 2. The summed E-state index contributed by atoms with van der Waals surface area (Å²) < 4.78 is 19.7. The zero-order valence-electron chi connectivity index (χ0n) is 31.7. The van der Waals surface area contributed by atoms with E-state index in [-0.39, 0.29) is 42.4 Å². The number of ether oxygens (including phenoxy) is 3. The molecule has 0 saturated carbocycles.